The number of nitrogens with one attached hydrogen (secondary N) is 1. The Bertz CT molecular complexity index is 1370. The second kappa shape index (κ2) is 11.5. The Kier molecular flexibility index (Phi) is 8.83. The van der Waals surface area contributed by atoms with Gasteiger partial charge in [0, 0.05) is 40.2 Å². The van der Waals surface area contributed by atoms with Gasteiger partial charge in [-0.05, 0) is 30.2 Å². The predicted octanol–water partition coefficient (Wildman–Crippen LogP) is 4.45. The van der Waals surface area contributed by atoms with E-state index in [9.17, 15) is 22.0 Å². The predicted molar refractivity (Wildman–Crippen MR) is 134 cm³/mol. The first kappa shape index (κ1) is 27.7. The van der Waals surface area contributed by atoms with Crippen LogP contribution in [0.3, 0.4) is 0 Å². The highest BCUT2D eigenvalue weighted by Crippen LogP contribution is 2.33. The van der Waals surface area contributed by atoms with Crippen molar-refractivity contribution < 1.29 is 26.7 Å². The number of carbonyl (C=O) groups is 1. The van der Waals surface area contributed by atoms with E-state index in [0.717, 1.165) is 17.7 Å². The Balaban J connectivity index is 1.81. The normalized spacial score (nSPS) is 11.8. The average molecular weight is 559 g/mol. The number of hydrogen-bond acceptors (Lipinski definition) is 7. The van der Waals surface area contributed by atoms with Crippen molar-refractivity contribution in [2.45, 2.75) is 18.8 Å². The van der Waals surface area contributed by atoms with Gasteiger partial charge in [0.15, 0.2) is 0 Å². The maximum atomic E-state index is 14.8. The molecule has 8 nitrogen and oxygen atoms in total. The summed E-state index contributed by atoms with van der Waals surface area (Å²) >= 11 is 12.1. The molecule has 0 aliphatic rings. The van der Waals surface area contributed by atoms with Crippen molar-refractivity contribution in [2.75, 3.05) is 24.7 Å². The third-order valence-corrected chi connectivity index (χ3v) is 6.45. The molecule has 2 aromatic carbocycles. The number of anilines is 1. The summed E-state index contributed by atoms with van der Waals surface area (Å²) in [7, 11) is -2.69. The molecule has 1 heterocycles. The zero-order valence-corrected chi connectivity index (χ0v) is 21.3. The molecule has 192 valence electrons. The first-order chi connectivity index (χ1) is 16.9. The molecule has 3 N–H and O–H groups in total. The number of benzene rings is 2. The number of sulfonamides is 1. The van der Waals surface area contributed by atoms with Crippen LogP contribution in [0.5, 0.6) is 6.01 Å². The summed E-state index contributed by atoms with van der Waals surface area (Å²) in [5.41, 5.74) is 0.806. The van der Waals surface area contributed by atoms with Gasteiger partial charge in [0.2, 0.25) is 15.8 Å². The summed E-state index contributed by atoms with van der Waals surface area (Å²) < 4.78 is 56.8. The van der Waals surface area contributed by atoms with E-state index in [-0.39, 0.29) is 17.3 Å². The van der Waals surface area contributed by atoms with Crippen LogP contribution < -0.4 is 15.2 Å². The average Bonchev–Trinajstić information content (AvgIpc) is 2.83. The summed E-state index contributed by atoms with van der Waals surface area (Å²) in [6.45, 7) is 0.442. The van der Waals surface area contributed by atoms with Crippen LogP contribution in [0.2, 0.25) is 10.0 Å². The lowest BCUT2D eigenvalue weighted by atomic mass is 9.99. The lowest BCUT2D eigenvalue weighted by Crippen LogP contribution is -2.29. The molecule has 0 aliphatic carbocycles. The molecule has 0 atom stereocenters. The van der Waals surface area contributed by atoms with Crippen molar-refractivity contribution in [3.63, 3.8) is 0 Å². The van der Waals surface area contributed by atoms with Crippen molar-refractivity contribution in [1.29, 1.82) is 0 Å². The summed E-state index contributed by atoms with van der Waals surface area (Å²) in [5, 5.41) is 9.00. The first-order valence-corrected chi connectivity index (χ1v) is 13.0. The molecule has 1 aromatic heterocycles. The van der Waals surface area contributed by atoms with Gasteiger partial charge < -0.3 is 10.1 Å². The standard InChI is InChI=1S/C23H22Cl2F2N4O4S/c1-35-22-30-19(13-21(31-22)29-9-7-14-5-6-17(24)12-18(14)25)15-3-2-4-16(11-15)23(26,27)20(32)8-10-36(28,33)34/h2-6,11-13H,7-10H2,1H3,(H2,28,33,34)(H,29,30,31). The topological polar surface area (TPSA) is 124 Å². The Morgan fingerprint density at radius 2 is 1.89 bits per heavy atom. The van der Waals surface area contributed by atoms with Gasteiger partial charge >= 0.3 is 11.9 Å². The van der Waals surface area contributed by atoms with E-state index in [4.69, 9.17) is 33.1 Å². The van der Waals surface area contributed by atoms with Crippen molar-refractivity contribution >= 4 is 44.8 Å². The highest BCUT2D eigenvalue weighted by molar-refractivity contribution is 7.89. The Morgan fingerprint density at radius 3 is 2.56 bits per heavy atom. The highest BCUT2D eigenvalue weighted by Gasteiger charge is 2.40. The molecule has 0 radical (unpaired) electrons. The number of hydrogen-bond donors (Lipinski definition) is 2. The molecule has 3 aromatic rings. The smallest absolute Gasteiger partial charge is 0.330 e. The minimum atomic E-state index is -4.06. The Morgan fingerprint density at radius 1 is 1.14 bits per heavy atom. The Labute approximate surface area is 216 Å². The molecule has 0 bridgehead atoms. The minimum absolute atomic E-state index is 0.000849. The number of rotatable bonds is 11. The maximum Gasteiger partial charge on any atom is 0.330 e. The molecule has 0 amide bonds. The van der Waals surface area contributed by atoms with Crippen LogP contribution in [0.15, 0.2) is 48.5 Å². The van der Waals surface area contributed by atoms with Gasteiger partial charge in [0.1, 0.15) is 5.82 Å². The molecular formula is C23H22Cl2F2N4O4S. The van der Waals surface area contributed by atoms with Crippen LogP contribution in [-0.2, 0) is 27.2 Å². The number of primary sulfonamides is 1. The van der Waals surface area contributed by atoms with E-state index < -0.39 is 39.5 Å². The number of ketones is 1. The molecule has 36 heavy (non-hydrogen) atoms. The number of alkyl halides is 2. The van der Waals surface area contributed by atoms with Crippen molar-refractivity contribution in [3.05, 3.63) is 69.7 Å². The van der Waals surface area contributed by atoms with Crippen LogP contribution in [0.25, 0.3) is 11.3 Å². The van der Waals surface area contributed by atoms with Crippen LogP contribution in [0, 0.1) is 0 Å². The lowest BCUT2D eigenvalue weighted by Gasteiger charge is -2.16. The van der Waals surface area contributed by atoms with Gasteiger partial charge in [-0.1, -0.05) is 47.5 Å². The van der Waals surface area contributed by atoms with Crippen LogP contribution in [0.4, 0.5) is 14.6 Å². The number of nitrogens with zero attached hydrogens (tertiary/aromatic N) is 2. The van der Waals surface area contributed by atoms with Gasteiger partial charge in [-0.15, -0.1) is 0 Å². The fourth-order valence-corrected chi connectivity index (χ4v) is 4.20. The minimum Gasteiger partial charge on any atom is -0.467 e. The monoisotopic (exact) mass is 558 g/mol. The number of halogens is 4. The van der Waals surface area contributed by atoms with Gasteiger partial charge in [-0.25, -0.2) is 13.6 Å². The van der Waals surface area contributed by atoms with Crippen molar-refractivity contribution in [3.8, 4) is 17.3 Å². The van der Waals surface area contributed by atoms with E-state index in [1.165, 1.54) is 19.2 Å². The molecule has 0 unspecified atom stereocenters. The zero-order chi connectivity index (χ0) is 26.5. The number of methoxy groups -OCH3 is 1. The van der Waals surface area contributed by atoms with Crippen LogP contribution >= 0.6 is 23.2 Å². The number of ether oxygens (including phenoxy) is 1. The van der Waals surface area contributed by atoms with Gasteiger partial charge in [-0.3, -0.25) is 4.79 Å². The van der Waals surface area contributed by atoms with Crippen molar-refractivity contribution in [2.24, 2.45) is 5.14 Å². The third-order valence-electron chi connectivity index (χ3n) is 5.09. The SMILES string of the molecule is COc1nc(NCCc2ccc(Cl)cc2Cl)cc(-c2cccc(C(F)(F)C(=O)CCS(N)(=O)=O)c2)n1. The fraction of sp³-hybridized carbons (Fsp3) is 0.261. The molecular weight excluding hydrogens is 537 g/mol. The lowest BCUT2D eigenvalue weighted by molar-refractivity contribution is -0.144. The molecule has 0 saturated heterocycles. The number of nitrogens with two attached hydrogens (primary N) is 1. The molecule has 0 saturated carbocycles. The van der Waals surface area contributed by atoms with Gasteiger partial charge in [-0.2, -0.15) is 18.7 Å². The summed E-state index contributed by atoms with van der Waals surface area (Å²) in [4.78, 5) is 20.5. The molecule has 0 fully saturated rings. The molecule has 0 aliphatic heterocycles. The van der Waals surface area contributed by atoms with E-state index in [1.807, 2.05) is 6.07 Å². The summed E-state index contributed by atoms with van der Waals surface area (Å²) in [5.74, 6) is -5.97. The quantitative estimate of drug-likeness (QED) is 0.356. The number of Topliss-reactive ketones (excluding diaryl/α,β-unsaturated/α-hetero) is 1. The largest absolute Gasteiger partial charge is 0.467 e. The molecule has 13 heteroatoms. The number of carbonyl (C=O) groups excluding carboxylic acids is 1. The second-order valence-electron chi connectivity index (χ2n) is 7.73. The Hall–Kier alpha value is -2.86. The van der Waals surface area contributed by atoms with Gasteiger partial charge in [0.05, 0.1) is 18.6 Å². The molecule has 3 rings (SSSR count). The van der Waals surface area contributed by atoms with E-state index in [1.54, 1.807) is 18.2 Å². The second-order valence-corrected chi connectivity index (χ2v) is 10.3. The first-order valence-electron chi connectivity index (χ1n) is 10.5. The van der Waals surface area contributed by atoms with E-state index in [0.29, 0.717) is 28.8 Å². The fourth-order valence-electron chi connectivity index (χ4n) is 3.23. The summed E-state index contributed by atoms with van der Waals surface area (Å²) in [6, 6.07) is 11.8. The maximum absolute atomic E-state index is 14.8. The summed E-state index contributed by atoms with van der Waals surface area (Å²) in [6.07, 6.45) is -0.358. The third kappa shape index (κ3) is 7.33. The van der Waals surface area contributed by atoms with Crippen molar-refractivity contribution in [1.82, 2.24) is 9.97 Å². The molecule has 0 spiro atoms. The van der Waals surface area contributed by atoms with Crippen LogP contribution in [-0.4, -0.2) is 43.6 Å². The van der Waals surface area contributed by atoms with E-state index >= 15 is 0 Å². The highest BCUT2D eigenvalue weighted by atomic mass is 35.5. The zero-order valence-electron chi connectivity index (χ0n) is 19.0. The van der Waals surface area contributed by atoms with E-state index in [2.05, 4.69) is 15.3 Å². The number of aromatic nitrogens is 2. The van der Waals surface area contributed by atoms with Gasteiger partial charge in [0.25, 0.3) is 0 Å². The van der Waals surface area contributed by atoms with Crippen LogP contribution in [0.1, 0.15) is 17.5 Å².